The third-order valence-corrected chi connectivity index (χ3v) is 7.18. The van der Waals surface area contributed by atoms with Crippen LogP contribution in [-0.4, -0.2) is 72.3 Å². The van der Waals surface area contributed by atoms with Gasteiger partial charge in [0.25, 0.3) is 0 Å². The number of nitrogens with zero attached hydrogens (tertiary/aromatic N) is 2. The van der Waals surface area contributed by atoms with Crippen LogP contribution in [0.15, 0.2) is 27.9 Å². The average molecular weight is 430 g/mol. The number of piperidine rings is 1. The summed E-state index contributed by atoms with van der Waals surface area (Å²) in [5, 5.41) is 3.25. The summed E-state index contributed by atoms with van der Waals surface area (Å²) in [6, 6.07) is 4.39. The number of hydrogen-bond donors (Lipinski definition) is 3. The van der Waals surface area contributed by atoms with Crippen LogP contribution in [0.25, 0.3) is 11.0 Å². The lowest BCUT2D eigenvalue weighted by Crippen LogP contribution is -2.55. The summed E-state index contributed by atoms with van der Waals surface area (Å²) in [5.74, 6) is 0.0677. The number of imidazole rings is 1. The minimum absolute atomic E-state index is 0. The average Bonchev–Trinajstić information content (AvgIpc) is 3.07. The summed E-state index contributed by atoms with van der Waals surface area (Å²) in [4.78, 5) is 31.0. The van der Waals surface area contributed by atoms with Crippen molar-refractivity contribution in [1.29, 1.82) is 0 Å². The number of carbonyl (C=O) groups excluding carboxylic acids is 1. The van der Waals surface area contributed by atoms with Crippen LogP contribution in [0, 0.1) is 0 Å². The molecular formula is C17H24ClN5O4S. The van der Waals surface area contributed by atoms with Crippen molar-refractivity contribution >= 4 is 39.4 Å². The molecule has 11 heteroatoms. The van der Waals surface area contributed by atoms with E-state index in [0.717, 1.165) is 25.8 Å². The fraction of sp³-hybridized carbons (Fsp3) is 0.529. The van der Waals surface area contributed by atoms with Crippen molar-refractivity contribution in [3.8, 4) is 0 Å². The molecule has 28 heavy (non-hydrogen) atoms. The first-order valence-electron chi connectivity index (χ1n) is 9.19. The van der Waals surface area contributed by atoms with Crippen molar-refractivity contribution in [3.63, 3.8) is 0 Å². The van der Waals surface area contributed by atoms with Crippen molar-refractivity contribution in [2.75, 3.05) is 32.7 Å². The van der Waals surface area contributed by atoms with Gasteiger partial charge in [0.05, 0.1) is 22.0 Å². The summed E-state index contributed by atoms with van der Waals surface area (Å²) in [6.45, 7) is 2.17. The molecule has 0 saturated carbocycles. The third kappa shape index (κ3) is 3.95. The number of aromatic nitrogens is 2. The number of hydrogen-bond acceptors (Lipinski definition) is 5. The Kier molecular flexibility index (Phi) is 6.13. The van der Waals surface area contributed by atoms with Gasteiger partial charge in [-0.25, -0.2) is 13.2 Å². The third-order valence-electron chi connectivity index (χ3n) is 5.28. The number of nitrogens with one attached hydrogen (secondary N) is 3. The molecule has 0 spiro atoms. The highest BCUT2D eigenvalue weighted by atomic mass is 35.5. The molecule has 0 bridgehead atoms. The number of halogens is 1. The molecule has 3 heterocycles. The molecule has 1 aromatic carbocycles. The second kappa shape index (κ2) is 8.24. The first kappa shape index (κ1) is 20.8. The zero-order valence-electron chi connectivity index (χ0n) is 15.3. The number of aromatic amines is 2. The number of piperazine rings is 1. The number of fused-ring (bicyclic) bond motifs is 1. The van der Waals surface area contributed by atoms with Crippen LogP contribution in [0.2, 0.25) is 0 Å². The first-order valence-corrected chi connectivity index (χ1v) is 10.6. The fourth-order valence-corrected chi connectivity index (χ4v) is 5.20. The summed E-state index contributed by atoms with van der Waals surface area (Å²) in [5.41, 5.74) is 0.649. The lowest BCUT2D eigenvalue weighted by molar-refractivity contribution is -0.135. The van der Waals surface area contributed by atoms with Crippen LogP contribution >= 0.6 is 12.4 Å². The van der Waals surface area contributed by atoms with E-state index in [0.29, 0.717) is 24.1 Å². The molecule has 1 atom stereocenters. The highest BCUT2D eigenvalue weighted by molar-refractivity contribution is 7.89. The molecule has 3 N–H and O–H groups in total. The lowest BCUT2D eigenvalue weighted by atomic mass is 10.0. The van der Waals surface area contributed by atoms with Gasteiger partial charge in [0.1, 0.15) is 0 Å². The number of carbonyl (C=O) groups is 1. The summed E-state index contributed by atoms with van der Waals surface area (Å²) >= 11 is 0. The van der Waals surface area contributed by atoms with Crippen LogP contribution in [0.3, 0.4) is 0 Å². The monoisotopic (exact) mass is 429 g/mol. The molecule has 2 fully saturated rings. The minimum Gasteiger partial charge on any atom is -0.339 e. The van der Waals surface area contributed by atoms with E-state index in [4.69, 9.17) is 0 Å². The van der Waals surface area contributed by atoms with Crippen LogP contribution in [0.4, 0.5) is 0 Å². The number of amides is 1. The lowest BCUT2D eigenvalue weighted by Gasteiger charge is -2.36. The minimum atomic E-state index is -3.67. The van der Waals surface area contributed by atoms with E-state index in [1.807, 2.05) is 0 Å². The highest BCUT2D eigenvalue weighted by Gasteiger charge is 2.33. The number of rotatable bonds is 3. The summed E-state index contributed by atoms with van der Waals surface area (Å²) in [6.07, 6.45) is 2.97. The molecule has 4 rings (SSSR count). The van der Waals surface area contributed by atoms with E-state index in [2.05, 4.69) is 15.3 Å². The molecule has 2 aromatic rings. The Morgan fingerprint density at radius 3 is 2.43 bits per heavy atom. The van der Waals surface area contributed by atoms with Crippen LogP contribution in [0.5, 0.6) is 0 Å². The van der Waals surface area contributed by atoms with Gasteiger partial charge in [-0.15, -0.1) is 12.4 Å². The van der Waals surface area contributed by atoms with Crippen molar-refractivity contribution in [2.45, 2.75) is 30.2 Å². The predicted octanol–water partition coefficient (Wildman–Crippen LogP) is 0.253. The highest BCUT2D eigenvalue weighted by Crippen LogP contribution is 2.21. The van der Waals surface area contributed by atoms with Crippen LogP contribution < -0.4 is 11.0 Å². The summed E-state index contributed by atoms with van der Waals surface area (Å²) in [7, 11) is -3.67. The summed E-state index contributed by atoms with van der Waals surface area (Å²) < 4.78 is 27.2. The Morgan fingerprint density at radius 2 is 1.75 bits per heavy atom. The number of sulfonamides is 1. The quantitative estimate of drug-likeness (QED) is 0.646. The SMILES string of the molecule is Cl.O=C(C1CCCCN1)N1CCN(S(=O)(=O)c2ccc3[nH]c(=O)[nH]c3c2)CC1. The van der Waals surface area contributed by atoms with Crippen LogP contribution in [0.1, 0.15) is 19.3 Å². The van der Waals surface area contributed by atoms with Crippen molar-refractivity contribution in [2.24, 2.45) is 0 Å². The van der Waals surface area contributed by atoms with Gasteiger partial charge in [-0.1, -0.05) is 6.42 Å². The molecule has 1 unspecified atom stereocenters. The Labute approximate surface area is 168 Å². The maximum absolute atomic E-state index is 12.9. The van der Waals surface area contributed by atoms with Crippen molar-refractivity contribution in [1.82, 2.24) is 24.5 Å². The zero-order chi connectivity index (χ0) is 19.0. The Bertz CT molecular complexity index is 1000. The Balaban J connectivity index is 0.00000225. The zero-order valence-corrected chi connectivity index (χ0v) is 16.9. The topological polar surface area (TPSA) is 118 Å². The molecule has 2 saturated heterocycles. The second-order valence-corrected chi connectivity index (χ2v) is 8.96. The Hall–Kier alpha value is -1.88. The molecule has 2 aliphatic heterocycles. The van der Waals surface area contributed by atoms with E-state index in [9.17, 15) is 18.0 Å². The van der Waals surface area contributed by atoms with Crippen molar-refractivity contribution < 1.29 is 13.2 Å². The van der Waals surface area contributed by atoms with Gasteiger partial charge in [-0.3, -0.25) is 4.79 Å². The van der Waals surface area contributed by atoms with Gasteiger partial charge < -0.3 is 20.2 Å². The van der Waals surface area contributed by atoms with E-state index in [1.165, 1.54) is 16.4 Å². The van der Waals surface area contributed by atoms with Crippen molar-refractivity contribution in [3.05, 3.63) is 28.7 Å². The molecule has 2 aliphatic rings. The van der Waals surface area contributed by atoms with Crippen LogP contribution in [-0.2, 0) is 14.8 Å². The van der Waals surface area contributed by atoms with E-state index in [-0.39, 0.29) is 48.0 Å². The predicted molar refractivity (Wildman–Crippen MR) is 107 cm³/mol. The maximum Gasteiger partial charge on any atom is 0.323 e. The van der Waals surface area contributed by atoms with Gasteiger partial charge in [-0.05, 0) is 37.6 Å². The largest absolute Gasteiger partial charge is 0.339 e. The Morgan fingerprint density at radius 1 is 1.04 bits per heavy atom. The smallest absolute Gasteiger partial charge is 0.323 e. The first-order chi connectivity index (χ1) is 12.9. The normalized spacial score (nSPS) is 21.4. The molecular weight excluding hydrogens is 406 g/mol. The van der Waals surface area contributed by atoms with Gasteiger partial charge in [0, 0.05) is 26.2 Å². The fourth-order valence-electron chi connectivity index (χ4n) is 3.75. The van der Waals surface area contributed by atoms with Gasteiger partial charge in [0.2, 0.25) is 15.9 Å². The molecule has 0 aliphatic carbocycles. The molecule has 0 radical (unpaired) electrons. The second-order valence-electron chi connectivity index (χ2n) is 7.02. The van der Waals surface area contributed by atoms with E-state index < -0.39 is 10.0 Å². The van der Waals surface area contributed by atoms with Gasteiger partial charge in [0.15, 0.2) is 0 Å². The molecule has 1 amide bonds. The van der Waals surface area contributed by atoms with E-state index >= 15 is 0 Å². The van der Waals surface area contributed by atoms with E-state index in [1.54, 1.807) is 11.0 Å². The van der Waals surface area contributed by atoms with Gasteiger partial charge >= 0.3 is 5.69 Å². The molecule has 154 valence electrons. The molecule has 1 aromatic heterocycles. The standard InChI is InChI=1S/C17H23N5O4S.ClH/c23-16(14-3-1-2-6-18-14)21-7-9-22(10-8-21)27(25,26)12-4-5-13-15(11-12)20-17(24)19-13;/h4-5,11,14,18H,1-3,6-10H2,(H2,19,20,24);1H. The number of benzene rings is 1. The van der Waals surface area contributed by atoms with Gasteiger partial charge in [-0.2, -0.15) is 4.31 Å². The maximum atomic E-state index is 12.9. The molecule has 9 nitrogen and oxygen atoms in total. The number of H-pyrrole nitrogens is 2.